The molecule has 0 aromatic rings. The molecule has 26 heavy (non-hydrogen) atoms. The van der Waals surface area contributed by atoms with Gasteiger partial charge in [0, 0.05) is 33.0 Å². The lowest BCUT2D eigenvalue weighted by Gasteiger charge is -2.30. The van der Waals surface area contributed by atoms with Gasteiger partial charge in [-0.15, -0.1) is 0 Å². The van der Waals surface area contributed by atoms with Crippen molar-refractivity contribution in [3.05, 3.63) is 6.92 Å². The predicted octanol–water partition coefficient (Wildman–Crippen LogP) is 3.28. The Balaban J connectivity index is 4.02. The van der Waals surface area contributed by atoms with Gasteiger partial charge in [-0.2, -0.15) is 0 Å². The van der Waals surface area contributed by atoms with E-state index in [0.717, 1.165) is 19.4 Å². The van der Waals surface area contributed by atoms with Crippen molar-refractivity contribution < 1.29 is 28.4 Å². The van der Waals surface area contributed by atoms with Crippen LogP contribution in [0.4, 0.5) is 0 Å². The molecule has 0 unspecified atom stereocenters. The normalized spacial score (nSPS) is 12.0. The summed E-state index contributed by atoms with van der Waals surface area (Å²) in [6.07, 6.45) is 3.64. The first-order valence-electron chi connectivity index (χ1n) is 10.1. The Hall–Kier alpha value is -0.240. The highest BCUT2D eigenvalue weighted by Crippen LogP contribution is 2.20. The third-order valence-electron chi connectivity index (χ3n) is 3.83. The number of ether oxygens (including phenoxy) is 6. The summed E-state index contributed by atoms with van der Waals surface area (Å²) < 4.78 is 33.3. The first-order chi connectivity index (χ1) is 12.7. The Labute approximate surface area is 160 Å². The highest BCUT2D eigenvalue weighted by atomic mass is 16.5. The lowest BCUT2D eigenvalue weighted by molar-refractivity contribution is -0.0757. The average molecular weight is 378 g/mol. The Bertz CT molecular complexity index is 234. The maximum absolute atomic E-state index is 6.01. The van der Waals surface area contributed by atoms with Crippen molar-refractivity contribution in [3.8, 4) is 0 Å². The van der Waals surface area contributed by atoms with Crippen molar-refractivity contribution in [3.63, 3.8) is 0 Å². The number of unbranched alkanes of at least 4 members (excludes halogenated alkanes) is 1. The first kappa shape index (κ1) is 25.8. The monoisotopic (exact) mass is 377 g/mol. The maximum atomic E-state index is 6.01. The van der Waals surface area contributed by atoms with Gasteiger partial charge in [0.25, 0.3) is 0 Å². The lowest BCUT2D eigenvalue weighted by Crippen LogP contribution is -2.34. The summed E-state index contributed by atoms with van der Waals surface area (Å²) in [5.41, 5.74) is -0.522. The first-order valence-corrected chi connectivity index (χ1v) is 10.1. The van der Waals surface area contributed by atoms with E-state index in [1.165, 1.54) is 0 Å². The summed E-state index contributed by atoms with van der Waals surface area (Å²) in [4.78, 5) is 0. The minimum atomic E-state index is -0.522. The SMILES string of the molecule is [CH2]C(CCOCCOCC)(CCOCCOCC)OCCOCCCC. The molecule has 0 heterocycles. The molecule has 0 amide bonds. The van der Waals surface area contributed by atoms with Crippen molar-refractivity contribution >= 4 is 0 Å². The van der Waals surface area contributed by atoms with E-state index in [1.807, 2.05) is 13.8 Å². The molecule has 157 valence electrons. The second kappa shape index (κ2) is 19.5. The van der Waals surface area contributed by atoms with E-state index in [2.05, 4.69) is 13.8 Å². The fourth-order valence-electron chi connectivity index (χ4n) is 2.18. The van der Waals surface area contributed by atoms with Crippen LogP contribution in [-0.4, -0.2) is 78.3 Å². The molecule has 0 N–H and O–H groups in total. The van der Waals surface area contributed by atoms with E-state index in [1.54, 1.807) is 0 Å². The zero-order valence-corrected chi connectivity index (χ0v) is 17.3. The molecule has 0 rings (SSSR count). The number of hydrogen-bond donors (Lipinski definition) is 0. The highest BCUT2D eigenvalue weighted by Gasteiger charge is 2.25. The van der Waals surface area contributed by atoms with E-state index >= 15 is 0 Å². The molecular formula is C20H41O6. The van der Waals surface area contributed by atoms with Crippen molar-refractivity contribution in [2.45, 2.75) is 52.1 Å². The van der Waals surface area contributed by atoms with Gasteiger partial charge < -0.3 is 28.4 Å². The molecule has 0 aliphatic heterocycles. The predicted molar refractivity (Wildman–Crippen MR) is 104 cm³/mol. The molecule has 0 aliphatic carbocycles. The van der Waals surface area contributed by atoms with E-state index in [9.17, 15) is 0 Å². The second-order valence-electron chi connectivity index (χ2n) is 6.12. The molecule has 0 saturated heterocycles. The van der Waals surface area contributed by atoms with E-state index in [4.69, 9.17) is 28.4 Å². The average Bonchev–Trinajstić information content (AvgIpc) is 2.64. The summed E-state index contributed by atoms with van der Waals surface area (Å²) in [5.74, 6) is 0. The van der Waals surface area contributed by atoms with Crippen LogP contribution >= 0.6 is 0 Å². The summed E-state index contributed by atoms with van der Waals surface area (Å²) in [6, 6.07) is 0. The standard InChI is InChI=1S/C20H41O6/c1-5-8-11-23-18-19-26-20(4,9-12-24-16-14-21-6-2)10-13-25-17-15-22-7-3/h4-19H2,1-3H3. The summed E-state index contributed by atoms with van der Waals surface area (Å²) in [7, 11) is 0. The fraction of sp³-hybridized carbons (Fsp3) is 0.950. The molecule has 1 radical (unpaired) electrons. The minimum absolute atomic E-state index is 0.522. The van der Waals surface area contributed by atoms with E-state index in [0.29, 0.717) is 78.9 Å². The van der Waals surface area contributed by atoms with Crippen LogP contribution in [0.25, 0.3) is 0 Å². The Kier molecular flexibility index (Phi) is 19.3. The van der Waals surface area contributed by atoms with Crippen molar-refractivity contribution in [2.75, 3.05) is 72.7 Å². The van der Waals surface area contributed by atoms with Crippen LogP contribution in [0, 0.1) is 6.92 Å². The molecule has 0 fully saturated rings. The largest absolute Gasteiger partial charge is 0.379 e. The third-order valence-corrected chi connectivity index (χ3v) is 3.83. The topological polar surface area (TPSA) is 55.4 Å². The Morgan fingerprint density at radius 1 is 0.577 bits per heavy atom. The van der Waals surface area contributed by atoms with Crippen molar-refractivity contribution in [1.82, 2.24) is 0 Å². The van der Waals surface area contributed by atoms with E-state index in [-0.39, 0.29) is 0 Å². The van der Waals surface area contributed by atoms with Gasteiger partial charge in [0.15, 0.2) is 0 Å². The zero-order chi connectivity index (χ0) is 19.3. The van der Waals surface area contributed by atoms with E-state index < -0.39 is 5.60 Å². The van der Waals surface area contributed by atoms with Crippen molar-refractivity contribution in [2.24, 2.45) is 0 Å². The molecule has 0 aromatic carbocycles. The number of hydrogen-bond acceptors (Lipinski definition) is 6. The van der Waals surface area contributed by atoms with Gasteiger partial charge in [-0.05, 0) is 40.0 Å². The van der Waals surface area contributed by atoms with Crippen LogP contribution in [0.1, 0.15) is 46.5 Å². The van der Waals surface area contributed by atoms with Crippen LogP contribution in [0.2, 0.25) is 0 Å². The smallest absolute Gasteiger partial charge is 0.0728 e. The third kappa shape index (κ3) is 17.2. The summed E-state index contributed by atoms with van der Waals surface area (Å²) in [6.45, 7) is 17.3. The Morgan fingerprint density at radius 2 is 1.04 bits per heavy atom. The van der Waals surface area contributed by atoms with Gasteiger partial charge in [0.1, 0.15) is 0 Å². The molecule has 0 aromatic heterocycles. The summed E-state index contributed by atoms with van der Waals surface area (Å²) in [5, 5.41) is 0. The molecule has 0 spiro atoms. The quantitative estimate of drug-likeness (QED) is 0.286. The molecular weight excluding hydrogens is 336 g/mol. The molecule has 0 saturated carbocycles. The van der Waals surface area contributed by atoms with Crippen LogP contribution in [0.5, 0.6) is 0 Å². The second-order valence-corrected chi connectivity index (χ2v) is 6.12. The summed E-state index contributed by atoms with van der Waals surface area (Å²) >= 11 is 0. The van der Waals surface area contributed by atoms with Crippen LogP contribution in [0.15, 0.2) is 0 Å². The highest BCUT2D eigenvalue weighted by molar-refractivity contribution is 4.83. The van der Waals surface area contributed by atoms with Gasteiger partial charge >= 0.3 is 0 Å². The zero-order valence-electron chi connectivity index (χ0n) is 17.3. The number of rotatable bonds is 21. The van der Waals surface area contributed by atoms with Gasteiger partial charge in [-0.3, -0.25) is 0 Å². The van der Waals surface area contributed by atoms with Gasteiger partial charge in [-0.25, -0.2) is 0 Å². The molecule has 0 bridgehead atoms. The maximum Gasteiger partial charge on any atom is 0.0728 e. The van der Waals surface area contributed by atoms with Crippen molar-refractivity contribution in [1.29, 1.82) is 0 Å². The molecule has 6 heteroatoms. The molecule has 6 nitrogen and oxygen atoms in total. The van der Waals surface area contributed by atoms with Crippen LogP contribution in [0.3, 0.4) is 0 Å². The minimum Gasteiger partial charge on any atom is -0.379 e. The van der Waals surface area contributed by atoms with Gasteiger partial charge in [-0.1, -0.05) is 13.3 Å². The Morgan fingerprint density at radius 3 is 1.54 bits per heavy atom. The molecule has 0 atom stereocenters. The lowest BCUT2D eigenvalue weighted by atomic mass is 9.98. The fourth-order valence-corrected chi connectivity index (χ4v) is 2.18. The van der Waals surface area contributed by atoms with Gasteiger partial charge in [0.2, 0.25) is 0 Å². The molecule has 0 aliphatic rings. The van der Waals surface area contributed by atoms with Gasteiger partial charge in [0.05, 0.1) is 45.2 Å². The van der Waals surface area contributed by atoms with Crippen LogP contribution < -0.4 is 0 Å². The van der Waals surface area contributed by atoms with Crippen LogP contribution in [-0.2, 0) is 28.4 Å².